The van der Waals surface area contributed by atoms with E-state index >= 15 is 0 Å². The number of nitrogens with zero attached hydrogens (tertiary/aromatic N) is 4. The van der Waals surface area contributed by atoms with E-state index in [0.29, 0.717) is 44.2 Å². The number of aromatic nitrogens is 2. The smallest absolute Gasteiger partial charge is 0.229 e. The number of likely N-dealkylation sites (tertiary alicyclic amines) is 1. The number of hydrogen-bond donors (Lipinski definition) is 0. The molecule has 1 unspecified atom stereocenters. The second-order valence-electron chi connectivity index (χ2n) is 8.17. The number of benzene rings is 1. The monoisotopic (exact) mass is 396 g/mol. The Hall–Kier alpha value is -2.70. The molecular weight excluding hydrogens is 368 g/mol. The largest absolute Gasteiger partial charge is 0.340 e. The Kier molecular flexibility index (Phi) is 5.65. The molecule has 0 N–H and O–H groups in total. The second kappa shape index (κ2) is 8.35. The second-order valence-corrected chi connectivity index (χ2v) is 8.17. The molecule has 4 rings (SSSR count). The maximum atomic E-state index is 12.7. The standard InChI is InChI=1S/C22H28N4O3/c1-15-5-3-4-6-18(15)13-21(28)25-11-9-19(14-25)26(16(2)27)12-10-20-23-22(29-24-20)17-7-8-17/h3-6,17,19H,7-14H2,1-2H3. The molecule has 2 heterocycles. The van der Waals surface area contributed by atoms with E-state index in [2.05, 4.69) is 10.1 Å². The lowest BCUT2D eigenvalue weighted by Gasteiger charge is -2.27. The zero-order chi connectivity index (χ0) is 20.4. The van der Waals surface area contributed by atoms with Crippen LogP contribution in [-0.4, -0.2) is 57.4 Å². The highest BCUT2D eigenvalue weighted by Crippen LogP contribution is 2.38. The summed E-state index contributed by atoms with van der Waals surface area (Å²) in [6.07, 6.45) is 4.03. The van der Waals surface area contributed by atoms with Crippen LogP contribution in [0.4, 0.5) is 0 Å². The van der Waals surface area contributed by atoms with Gasteiger partial charge in [-0.05, 0) is 37.3 Å². The molecule has 0 bridgehead atoms. The number of carbonyl (C=O) groups excluding carboxylic acids is 2. The van der Waals surface area contributed by atoms with Gasteiger partial charge in [0.1, 0.15) is 0 Å². The first-order valence-corrected chi connectivity index (χ1v) is 10.4. The minimum Gasteiger partial charge on any atom is -0.340 e. The first-order chi connectivity index (χ1) is 14.0. The molecule has 0 spiro atoms. The Morgan fingerprint density at radius 2 is 2.03 bits per heavy atom. The SMILES string of the molecule is CC(=O)N(CCc1noc(C2CC2)n1)C1CCN(C(=O)Cc2ccccc2C)C1. The summed E-state index contributed by atoms with van der Waals surface area (Å²) >= 11 is 0. The molecule has 1 saturated heterocycles. The third kappa shape index (κ3) is 4.66. The number of carbonyl (C=O) groups is 2. The predicted molar refractivity (Wildman–Crippen MR) is 107 cm³/mol. The van der Waals surface area contributed by atoms with Crippen molar-refractivity contribution in [2.24, 2.45) is 0 Å². The fraction of sp³-hybridized carbons (Fsp3) is 0.545. The first-order valence-electron chi connectivity index (χ1n) is 10.4. The Morgan fingerprint density at radius 3 is 2.76 bits per heavy atom. The Bertz CT molecular complexity index is 890. The van der Waals surface area contributed by atoms with Crippen LogP contribution in [0.5, 0.6) is 0 Å². The zero-order valence-electron chi connectivity index (χ0n) is 17.1. The summed E-state index contributed by atoms with van der Waals surface area (Å²) in [6, 6.07) is 8.02. The van der Waals surface area contributed by atoms with Crippen LogP contribution in [-0.2, 0) is 22.4 Å². The number of amides is 2. The van der Waals surface area contributed by atoms with E-state index in [0.717, 1.165) is 36.3 Å². The normalized spacial score (nSPS) is 18.8. The minimum atomic E-state index is 0.0223. The summed E-state index contributed by atoms with van der Waals surface area (Å²) in [7, 11) is 0. The first kappa shape index (κ1) is 19.6. The zero-order valence-corrected chi connectivity index (χ0v) is 17.1. The van der Waals surface area contributed by atoms with Gasteiger partial charge in [0.25, 0.3) is 0 Å². The van der Waals surface area contributed by atoms with Gasteiger partial charge in [0.05, 0.1) is 12.5 Å². The van der Waals surface area contributed by atoms with E-state index in [-0.39, 0.29) is 17.9 Å². The van der Waals surface area contributed by atoms with Crippen LogP contribution in [0, 0.1) is 6.92 Å². The van der Waals surface area contributed by atoms with Crippen LogP contribution in [0.15, 0.2) is 28.8 Å². The predicted octanol–water partition coefficient (Wildman–Crippen LogP) is 2.49. The lowest BCUT2D eigenvalue weighted by molar-refractivity contribution is -0.133. The van der Waals surface area contributed by atoms with Crippen molar-refractivity contribution in [1.82, 2.24) is 19.9 Å². The van der Waals surface area contributed by atoms with Crippen LogP contribution in [0.2, 0.25) is 0 Å². The molecule has 7 nitrogen and oxygen atoms in total. The van der Waals surface area contributed by atoms with Crippen molar-refractivity contribution in [2.45, 2.75) is 57.9 Å². The molecule has 0 radical (unpaired) electrons. The summed E-state index contributed by atoms with van der Waals surface area (Å²) in [6.45, 7) is 5.43. The van der Waals surface area contributed by atoms with Gasteiger partial charge < -0.3 is 14.3 Å². The quantitative estimate of drug-likeness (QED) is 0.718. The van der Waals surface area contributed by atoms with Crippen LogP contribution in [0.3, 0.4) is 0 Å². The molecule has 1 aliphatic heterocycles. The molecule has 2 amide bonds. The summed E-state index contributed by atoms with van der Waals surface area (Å²) < 4.78 is 5.30. The molecule has 154 valence electrons. The van der Waals surface area contributed by atoms with Gasteiger partial charge in [-0.1, -0.05) is 29.4 Å². The van der Waals surface area contributed by atoms with Crippen LogP contribution >= 0.6 is 0 Å². The Morgan fingerprint density at radius 1 is 1.24 bits per heavy atom. The number of aryl methyl sites for hydroxylation is 1. The van der Waals surface area contributed by atoms with Gasteiger partial charge >= 0.3 is 0 Å². The fourth-order valence-electron chi connectivity index (χ4n) is 3.99. The average Bonchev–Trinajstić information content (AvgIpc) is 3.24. The summed E-state index contributed by atoms with van der Waals surface area (Å²) in [5.74, 6) is 1.96. The van der Waals surface area contributed by atoms with E-state index in [4.69, 9.17) is 4.52 Å². The van der Waals surface area contributed by atoms with Crippen LogP contribution < -0.4 is 0 Å². The Balaban J connectivity index is 1.33. The fourth-order valence-corrected chi connectivity index (χ4v) is 3.99. The summed E-state index contributed by atoms with van der Waals surface area (Å²) in [5.41, 5.74) is 2.19. The maximum Gasteiger partial charge on any atom is 0.229 e. The molecule has 2 aromatic rings. The number of rotatable bonds is 7. The lowest BCUT2D eigenvalue weighted by Crippen LogP contribution is -2.43. The summed E-state index contributed by atoms with van der Waals surface area (Å²) in [4.78, 5) is 33.2. The van der Waals surface area contributed by atoms with E-state index in [1.807, 2.05) is 41.0 Å². The van der Waals surface area contributed by atoms with Crippen molar-refractivity contribution in [3.63, 3.8) is 0 Å². The van der Waals surface area contributed by atoms with Gasteiger partial charge in [-0.15, -0.1) is 0 Å². The molecule has 29 heavy (non-hydrogen) atoms. The van der Waals surface area contributed by atoms with Gasteiger partial charge in [0.2, 0.25) is 17.7 Å². The maximum absolute atomic E-state index is 12.7. The van der Waals surface area contributed by atoms with E-state index < -0.39 is 0 Å². The summed E-state index contributed by atoms with van der Waals surface area (Å²) in [5, 5.41) is 4.04. The highest BCUT2D eigenvalue weighted by Gasteiger charge is 2.32. The van der Waals surface area contributed by atoms with Gasteiger partial charge in [0, 0.05) is 38.9 Å². The van der Waals surface area contributed by atoms with Crippen LogP contribution in [0.1, 0.15) is 54.9 Å². The van der Waals surface area contributed by atoms with E-state index in [1.165, 1.54) is 0 Å². The highest BCUT2D eigenvalue weighted by molar-refractivity contribution is 5.80. The van der Waals surface area contributed by atoms with Crippen LogP contribution in [0.25, 0.3) is 0 Å². The average molecular weight is 396 g/mol. The van der Waals surface area contributed by atoms with E-state index in [1.54, 1.807) is 6.92 Å². The van der Waals surface area contributed by atoms with Crippen molar-refractivity contribution < 1.29 is 14.1 Å². The molecule has 1 aromatic heterocycles. The third-order valence-corrected chi connectivity index (χ3v) is 5.95. The molecule has 7 heteroatoms. The van der Waals surface area contributed by atoms with Crippen molar-refractivity contribution >= 4 is 11.8 Å². The van der Waals surface area contributed by atoms with Gasteiger partial charge in [0.15, 0.2) is 5.82 Å². The third-order valence-electron chi connectivity index (χ3n) is 5.95. The molecule has 2 aliphatic rings. The molecule has 1 aliphatic carbocycles. The van der Waals surface area contributed by atoms with Crippen molar-refractivity contribution in [3.05, 3.63) is 47.1 Å². The van der Waals surface area contributed by atoms with Gasteiger partial charge in [-0.25, -0.2) is 0 Å². The molecule has 2 fully saturated rings. The molecule has 1 saturated carbocycles. The van der Waals surface area contributed by atoms with Gasteiger partial charge in [-0.2, -0.15) is 4.98 Å². The highest BCUT2D eigenvalue weighted by atomic mass is 16.5. The topological polar surface area (TPSA) is 79.5 Å². The number of hydrogen-bond acceptors (Lipinski definition) is 5. The molecule has 1 aromatic carbocycles. The lowest BCUT2D eigenvalue weighted by atomic mass is 10.1. The Labute approximate surface area is 171 Å². The molecular formula is C22H28N4O3. The van der Waals surface area contributed by atoms with Crippen molar-refractivity contribution in [3.8, 4) is 0 Å². The minimum absolute atomic E-state index is 0.0223. The molecule has 1 atom stereocenters. The van der Waals surface area contributed by atoms with Crippen molar-refractivity contribution in [1.29, 1.82) is 0 Å². The van der Waals surface area contributed by atoms with Gasteiger partial charge in [-0.3, -0.25) is 9.59 Å². The van der Waals surface area contributed by atoms with Crippen molar-refractivity contribution in [2.75, 3.05) is 19.6 Å². The van der Waals surface area contributed by atoms with E-state index in [9.17, 15) is 9.59 Å².